The number of hydrogen-bond acceptors (Lipinski definition) is 5. The molecule has 5 nitrogen and oxygen atoms in total. The molecule has 0 bridgehead atoms. The van der Waals surface area contributed by atoms with Gasteiger partial charge in [0.05, 0.1) is 32.5 Å². The standard InChI is InChI=1S/C18H18N2O3S/c1-22-16-8-7-15(11-17(16)23-2)24-12-18(21)20-14-5-3-13(4-6-14)9-10-19/h3-8,11H,9,12H2,1-2H3,(H,20,21). The van der Waals surface area contributed by atoms with Crippen LogP contribution in [0.1, 0.15) is 5.56 Å². The first-order valence-corrected chi connectivity index (χ1v) is 8.25. The number of nitriles is 1. The minimum absolute atomic E-state index is 0.0946. The van der Waals surface area contributed by atoms with E-state index in [1.54, 1.807) is 26.4 Å². The van der Waals surface area contributed by atoms with Crippen molar-refractivity contribution >= 4 is 23.4 Å². The minimum atomic E-state index is -0.0946. The van der Waals surface area contributed by atoms with Crippen LogP contribution in [0.25, 0.3) is 0 Å². The molecule has 0 atom stereocenters. The van der Waals surface area contributed by atoms with Crippen LogP contribution in [0.3, 0.4) is 0 Å². The Labute approximate surface area is 145 Å². The van der Waals surface area contributed by atoms with E-state index in [1.165, 1.54) is 11.8 Å². The Kier molecular flexibility index (Phi) is 6.52. The summed E-state index contributed by atoms with van der Waals surface area (Å²) in [5.41, 5.74) is 1.64. The van der Waals surface area contributed by atoms with Gasteiger partial charge in [-0.05, 0) is 35.9 Å². The van der Waals surface area contributed by atoms with Crippen LogP contribution >= 0.6 is 11.8 Å². The lowest BCUT2D eigenvalue weighted by molar-refractivity contribution is -0.113. The maximum absolute atomic E-state index is 12.0. The lowest BCUT2D eigenvalue weighted by atomic mass is 10.1. The van der Waals surface area contributed by atoms with Gasteiger partial charge in [-0.3, -0.25) is 4.79 Å². The number of carbonyl (C=O) groups is 1. The molecule has 124 valence electrons. The second kappa shape index (κ2) is 8.85. The number of rotatable bonds is 7. The van der Waals surface area contributed by atoms with Crippen LogP contribution < -0.4 is 14.8 Å². The third-order valence-corrected chi connectivity index (χ3v) is 4.24. The fourth-order valence-electron chi connectivity index (χ4n) is 2.05. The Balaban J connectivity index is 1.90. The molecule has 0 aliphatic carbocycles. The maximum Gasteiger partial charge on any atom is 0.234 e. The number of benzene rings is 2. The zero-order valence-electron chi connectivity index (χ0n) is 13.5. The lowest BCUT2D eigenvalue weighted by Crippen LogP contribution is -2.13. The van der Waals surface area contributed by atoms with E-state index < -0.39 is 0 Å². The van der Waals surface area contributed by atoms with Gasteiger partial charge in [-0.2, -0.15) is 5.26 Å². The van der Waals surface area contributed by atoms with Crippen LogP contribution in [0.5, 0.6) is 11.5 Å². The molecule has 2 rings (SSSR count). The van der Waals surface area contributed by atoms with E-state index in [4.69, 9.17) is 14.7 Å². The first kappa shape index (κ1) is 17.7. The number of amides is 1. The summed E-state index contributed by atoms with van der Waals surface area (Å²) < 4.78 is 10.4. The molecule has 0 aliphatic heterocycles. The summed E-state index contributed by atoms with van der Waals surface area (Å²) in [5.74, 6) is 1.48. The third kappa shape index (κ3) is 4.93. The highest BCUT2D eigenvalue weighted by atomic mass is 32.2. The van der Waals surface area contributed by atoms with Crippen molar-refractivity contribution in [3.8, 4) is 17.6 Å². The molecule has 0 spiro atoms. The topological polar surface area (TPSA) is 71.3 Å². The SMILES string of the molecule is COc1ccc(SCC(=O)Nc2ccc(CC#N)cc2)cc1OC. The van der Waals surface area contributed by atoms with E-state index in [-0.39, 0.29) is 11.7 Å². The third-order valence-electron chi connectivity index (χ3n) is 3.25. The molecule has 2 aromatic carbocycles. The van der Waals surface area contributed by atoms with Gasteiger partial charge in [0.2, 0.25) is 5.91 Å². The van der Waals surface area contributed by atoms with Gasteiger partial charge in [0.1, 0.15) is 0 Å². The van der Waals surface area contributed by atoms with Crippen LogP contribution in [0, 0.1) is 11.3 Å². The fourth-order valence-corrected chi connectivity index (χ4v) is 2.77. The monoisotopic (exact) mass is 342 g/mol. The van der Waals surface area contributed by atoms with Gasteiger partial charge in [-0.1, -0.05) is 12.1 Å². The molecule has 0 saturated carbocycles. The van der Waals surface area contributed by atoms with Crippen molar-refractivity contribution in [3.63, 3.8) is 0 Å². The summed E-state index contributed by atoms with van der Waals surface area (Å²) in [6.45, 7) is 0. The molecule has 0 fully saturated rings. The quantitative estimate of drug-likeness (QED) is 0.780. The Bertz CT molecular complexity index is 739. The average molecular weight is 342 g/mol. The lowest BCUT2D eigenvalue weighted by Gasteiger charge is -2.09. The van der Waals surface area contributed by atoms with E-state index >= 15 is 0 Å². The van der Waals surface area contributed by atoms with Crippen molar-refractivity contribution < 1.29 is 14.3 Å². The van der Waals surface area contributed by atoms with Gasteiger partial charge in [0, 0.05) is 10.6 Å². The molecular weight excluding hydrogens is 324 g/mol. The molecular formula is C18H18N2O3S. The second-order valence-electron chi connectivity index (χ2n) is 4.89. The van der Waals surface area contributed by atoms with Crippen molar-refractivity contribution in [2.75, 3.05) is 25.3 Å². The predicted octanol–water partition coefficient (Wildman–Crippen LogP) is 3.50. The van der Waals surface area contributed by atoms with Crippen LogP contribution in [0.4, 0.5) is 5.69 Å². The van der Waals surface area contributed by atoms with E-state index in [0.717, 1.165) is 16.1 Å². The number of anilines is 1. The predicted molar refractivity (Wildman–Crippen MR) is 94.7 cm³/mol. The van der Waals surface area contributed by atoms with Gasteiger partial charge in [0.25, 0.3) is 0 Å². The normalized spacial score (nSPS) is 9.88. The molecule has 0 heterocycles. The maximum atomic E-state index is 12.0. The largest absolute Gasteiger partial charge is 0.493 e. The number of carbonyl (C=O) groups excluding carboxylic acids is 1. The molecule has 2 aromatic rings. The summed E-state index contributed by atoms with van der Waals surface area (Å²) in [7, 11) is 3.16. The summed E-state index contributed by atoms with van der Waals surface area (Å²) in [6.07, 6.45) is 0.364. The molecule has 0 unspecified atom stereocenters. The number of nitrogens with one attached hydrogen (secondary N) is 1. The number of hydrogen-bond donors (Lipinski definition) is 1. The van der Waals surface area contributed by atoms with Crippen LogP contribution in [-0.2, 0) is 11.2 Å². The number of nitrogens with zero attached hydrogens (tertiary/aromatic N) is 1. The Morgan fingerprint density at radius 2 is 1.83 bits per heavy atom. The molecule has 0 aromatic heterocycles. The van der Waals surface area contributed by atoms with Gasteiger partial charge in [0.15, 0.2) is 11.5 Å². The first-order valence-electron chi connectivity index (χ1n) is 7.27. The van der Waals surface area contributed by atoms with Crippen molar-refractivity contribution in [2.45, 2.75) is 11.3 Å². The minimum Gasteiger partial charge on any atom is -0.493 e. The van der Waals surface area contributed by atoms with Crippen molar-refractivity contribution in [1.82, 2.24) is 0 Å². The van der Waals surface area contributed by atoms with Crippen molar-refractivity contribution in [3.05, 3.63) is 48.0 Å². The fraction of sp³-hybridized carbons (Fsp3) is 0.222. The number of methoxy groups -OCH3 is 2. The Hall–Kier alpha value is -2.65. The van der Waals surface area contributed by atoms with E-state index in [0.29, 0.717) is 17.9 Å². The zero-order chi connectivity index (χ0) is 17.4. The molecule has 0 aliphatic rings. The molecule has 24 heavy (non-hydrogen) atoms. The highest BCUT2D eigenvalue weighted by molar-refractivity contribution is 8.00. The second-order valence-corrected chi connectivity index (χ2v) is 5.93. The van der Waals surface area contributed by atoms with E-state index in [1.807, 2.05) is 30.3 Å². The average Bonchev–Trinajstić information content (AvgIpc) is 2.61. The zero-order valence-corrected chi connectivity index (χ0v) is 14.4. The van der Waals surface area contributed by atoms with Crippen molar-refractivity contribution in [1.29, 1.82) is 5.26 Å². The van der Waals surface area contributed by atoms with Gasteiger partial charge in [-0.15, -0.1) is 11.8 Å². The molecule has 1 amide bonds. The summed E-state index contributed by atoms with van der Waals surface area (Å²) in [6, 6.07) is 14.9. The first-order chi connectivity index (χ1) is 11.7. The summed E-state index contributed by atoms with van der Waals surface area (Å²) in [5, 5.41) is 11.5. The summed E-state index contributed by atoms with van der Waals surface area (Å²) in [4.78, 5) is 13.0. The number of thioether (sulfide) groups is 1. The van der Waals surface area contributed by atoms with Crippen LogP contribution in [0.15, 0.2) is 47.4 Å². The van der Waals surface area contributed by atoms with Gasteiger partial charge >= 0.3 is 0 Å². The molecule has 0 saturated heterocycles. The summed E-state index contributed by atoms with van der Waals surface area (Å²) >= 11 is 1.42. The van der Waals surface area contributed by atoms with E-state index in [9.17, 15) is 4.79 Å². The molecule has 0 radical (unpaired) electrons. The van der Waals surface area contributed by atoms with Crippen molar-refractivity contribution in [2.24, 2.45) is 0 Å². The smallest absolute Gasteiger partial charge is 0.234 e. The highest BCUT2D eigenvalue weighted by Crippen LogP contribution is 2.31. The van der Waals surface area contributed by atoms with E-state index in [2.05, 4.69) is 11.4 Å². The molecule has 6 heteroatoms. The number of ether oxygens (including phenoxy) is 2. The van der Waals surface area contributed by atoms with Crippen LogP contribution in [0.2, 0.25) is 0 Å². The Morgan fingerprint density at radius 1 is 1.12 bits per heavy atom. The van der Waals surface area contributed by atoms with Crippen LogP contribution in [-0.4, -0.2) is 25.9 Å². The Morgan fingerprint density at radius 3 is 2.46 bits per heavy atom. The van der Waals surface area contributed by atoms with Gasteiger partial charge < -0.3 is 14.8 Å². The molecule has 1 N–H and O–H groups in total. The van der Waals surface area contributed by atoms with Gasteiger partial charge in [-0.25, -0.2) is 0 Å². The highest BCUT2D eigenvalue weighted by Gasteiger charge is 2.08.